The van der Waals surface area contributed by atoms with Gasteiger partial charge in [0.05, 0.1) is 30.1 Å². The van der Waals surface area contributed by atoms with Crippen LogP contribution in [0.25, 0.3) is 0 Å². The zero-order chi connectivity index (χ0) is 23.7. The van der Waals surface area contributed by atoms with Crippen molar-refractivity contribution in [2.45, 2.75) is 19.1 Å². The van der Waals surface area contributed by atoms with Crippen LogP contribution in [0.4, 0.5) is 17.1 Å². The minimum absolute atomic E-state index is 0.0789. The van der Waals surface area contributed by atoms with E-state index >= 15 is 0 Å². The third kappa shape index (κ3) is 7.81. The van der Waals surface area contributed by atoms with Crippen LogP contribution in [0.3, 0.4) is 0 Å². The van der Waals surface area contributed by atoms with Gasteiger partial charge < -0.3 is 19.8 Å². The molecule has 3 atom stereocenters. The van der Waals surface area contributed by atoms with E-state index < -0.39 is 25.9 Å². The molecular weight excluding hydrogens is 435 g/mol. The Morgan fingerprint density at radius 3 is 2.06 bits per heavy atom. The van der Waals surface area contributed by atoms with Crippen LogP contribution in [0.15, 0.2) is 58.8 Å². The fourth-order valence-electron chi connectivity index (χ4n) is 2.66. The number of hydrogen-bond donors (Lipinski definition) is 2. The summed E-state index contributed by atoms with van der Waals surface area (Å²) in [5, 5.41) is 11.1. The maximum absolute atomic E-state index is 12.6. The van der Waals surface area contributed by atoms with Gasteiger partial charge >= 0.3 is 7.82 Å². The fraction of sp³-hybridized carbons (Fsp3) is 0.381. The molecular formula is C21H29N4O6P. The second-order valence-electron chi connectivity index (χ2n) is 7.15. The SMILES string of the molecule is COC[C@H](NC(=O)c1ccc(N=Nc2ccc(N(C)C)cc2)cc1)[C@H](C)OP(=O)(O)OC. The van der Waals surface area contributed by atoms with E-state index in [1.807, 2.05) is 43.3 Å². The molecule has 0 aliphatic rings. The van der Waals surface area contributed by atoms with Gasteiger partial charge in [-0.05, 0) is 55.5 Å². The second-order valence-corrected chi connectivity index (χ2v) is 8.67. The molecule has 1 unspecified atom stereocenters. The fourth-order valence-corrected chi connectivity index (χ4v) is 3.32. The number of anilines is 1. The summed E-state index contributed by atoms with van der Waals surface area (Å²) in [6, 6.07) is 13.5. The lowest BCUT2D eigenvalue weighted by Crippen LogP contribution is -2.45. The first-order valence-corrected chi connectivity index (χ1v) is 11.3. The van der Waals surface area contributed by atoms with Crippen LogP contribution in [0, 0.1) is 0 Å². The number of ether oxygens (including phenoxy) is 1. The topological polar surface area (TPSA) is 122 Å². The van der Waals surface area contributed by atoms with E-state index in [1.54, 1.807) is 31.2 Å². The van der Waals surface area contributed by atoms with Crippen LogP contribution in [0.5, 0.6) is 0 Å². The number of azo groups is 1. The number of benzene rings is 2. The monoisotopic (exact) mass is 464 g/mol. The molecule has 0 fully saturated rings. The quantitative estimate of drug-likeness (QED) is 0.380. The number of methoxy groups -OCH3 is 1. The summed E-state index contributed by atoms with van der Waals surface area (Å²) in [5.41, 5.74) is 2.75. The molecule has 2 rings (SSSR count). The summed E-state index contributed by atoms with van der Waals surface area (Å²) in [6.45, 7) is 1.62. The van der Waals surface area contributed by atoms with E-state index in [-0.39, 0.29) is 6.61 Å². The van der Waals surface area contributed by atoms with Gasteiger partial charge in [-0.15, -0.1) is 0 Å². The van der Waals surface area contributed by atoms with Crippen LogP contribution < -0.4 is 10.2 Å². The standard InChI is InChI=1S/C21H29N4O6P/c1-15(31-32(27,28)30-5)20(14-29-4)22-21(26)16-6-8-17(9-7-16)23-24-18-10-12-19(13-11-18)25(2)3/h6-13,15,20H,14H2,1-5H3,(H,22,26)(H,27,28)/t15-,20-/m0/s1. The highest BCUT2D eigenvalue weighted by Gasteiger charge is 2.29. The predicted octanol–water partition coefficient (Wildman–Crippen LogP) is 4.06. The Balaban J connectivity index is 2.02. The Morgan fingerprint density at radius 2 is 1.59 bits per heavy atom. The molecule has 0 spiro atoms. The van der Waals surface area contributed by atoms with Crippen LogP contribution in [0.2, 0.25) is 0 Å². The number of carbonyl (C=O) groups excluding carboxylic acids is 1. The number of carbonyl (C=O) groups is 1. The summed E-state index contributed by atoms with van der Waals surface area (Å²) in [4.78, 5) is 24.1. The molecule has 0 saturated heterocycles. The van der Waals surface area contributed by atoms with E-state index in [0.717, 1.165) is 12.8 Å². The molecule has 0 aromatic heterocycles. The summed E-state index contributed by atoms with van der Waals surface area (Å²) in [5.74, 6) is -0.393. The van der Waals surface area contributed by atoms with Gasteiger partial charge in [0.2, 0.25) is 0 Å². The lowest BCUT2D eigenvalue weighted by molar-refractivity contribution is 0.0579. The Morgan fingerprint density at radius 1 is 1.06 bits per heavy atom. The molecule has 2 aromatic carbocycles. The number of hydrogen-bond acceptors (Lipinski definition) is 8. The first-order valence-electron chi connectivity index (χ1n) is 9.81. The van der Waals surface area contributed by atoms with Gasteiger partial charge in [-0.1, -0.05) is 0 Å². The summed E-state index contributed by atoms with van der Waals surface area (Å²) in [7, 11) is 2.24. The number of amides is 1. The highest BCUT2D eigenvalue weighted by atomic mass is 31.2. The highest BCUT2D eigenvalue weighted by Crippen LogP contribution is 2.43. The van der Waals surface area contributed by atoms with E-state index in [1.165, 1.54) is 7.11 Å². The smallest absolute Gasteiger partial charge is 0.382 e. The second kappa shape index (κ2) is 11.8. The Kier molecular flexibility index (Phi) is 9.49. The molecule has 2 N–H and O–H groups in total. The number of phosphoric acid groups is 1. The van der Waals surface area contributed by atoms with Crippen molar-refractivity contribution in [1.82, 2.24) is 5.32 Å². The average molecular weight is 464 g/mol. The van der Waals surface area contributed by atoms with Gasteiger partial charge in [0, 0.05) is 39.6 Å². The van der Waals surface area contributed by atoms with Crippen molar-refractivity contribution in [3.63, 3.8) is 0 Å². The summed E-state index contributed by atoms with van der Waals surface area (Å²) < 4.78 is 26.2. The summed E-state index contributed by atoms with van der Waals surface area (Å²) in [6.07, 6.45) is -0.832. The molecule has 10 nitrogen and oxygen atoms in total. The van der Waals surface area contributed by atoms with Crippen LogP contribution in [-0.2, 0) is 18.3 Å². The first kappa shape index (κ1) is 25.6. The third-order valence-corrected chi connectivity index (χ3v) is 5.60. The molecule has 0 heterocycles. The van der Waals surface area contributed by atoms with Crippen molar-refractivity contribution < 1.29 is 28.0 Å². The minimum atomic E-state index is -4.20. The van der Waals surface area contributed by atoms with E-state index in [0.29, 0.717) is 16.9 Å². The Bertz CT molecular complexity index is 950. The van der Waals surface area contributed by atoms with E-state index in [9.17, 15) is 14.3 Å². The maximum atomic E-state index is 12.6. The molecule has 1 amide bonds. The zero-order valence-corrected chi connectivity index (χ0v) is 19.7. The normalized spacial score (nSPS) is 15.2. The predicted molar refractivity (Wildman–Crippen MR) is 122 cm³/mol. The van der Waals surface area contributed by atoms with Gasteiger partial charge in [-0.25, -0.2) is 4.57 Å². The van der Waals surface area contributed by atoms with Crippen LogP contribution >= 0.6 is 7.82 Å². The number of nitrogens with one attached hydrogen (secondary N) is 1. The molecule has 174 valence electrons. The van der Waals surface area contributed by atoms with Crippen molar-refractivity contribution in [2.24, 2.45) is 10.2 Å². The van der Waals surface area contributed by atoms with Crippen molar-refractivity contribution in [1.29, 1.82) is 0 Å². The third-order valence-electron chi connectivity index (χ3n) is 4.54. The summed E-state index contributed by atoms with van der Waals surface area (Å²) >= 11 is 0. The van der Waals surface area contributed by atoms with Crippen molar-refractivity contribution in [2.75, 3.05) is 39.8 Å². The molecule has 32 heavy (non-hydrogen) atoms. The largest absolute Gasteiger partial charge is 0.472 e. The molecule has 2 aromatic rings. The molecule has 0 aliphatic heterocycles. The first-order chi connectivity index (χ1) is 15.1. The molecule has 0 saturated carbocycles. The van der Waals surface area contributed by atoms with Gasteiger partial charge in [0.25, 0.3) is 5.91 Å². The molecule has 11 heteroatoms. The highest BCUT2D eigenvalue weighted by molar-refractivity contribution is 7.47. The van der Waals surface area contributed by atoms with Gasteiger partial charge in [0.1, 0.15) is 0 Å². The minimum Gasteiger partial charge on any atom is -0.382 e. The Labute approximate surface area is 187 Å². The average Bonchev–Trinajstić information content (AvgIpc) is 2.77. The lowest BCUT2D eigenvalue weighted by Gasteiger charge is -2.25. The molecule has 0 aliphatic carbocycles. The Hall–Kier alpha value is -2.62. The van der Waals surface area contributed by atoms with Crippen molar-refractivity contribution in [3.8, 4) is 0 Å². The number of phosphoric ester groups is 1. The molecule has 0 radical (unpaired) electrons. The zero-order valence-electron chi connectivity index (χ0n) is 18.8. The van der Waals surface area contributed by atoms with Crippen LogP contribution in [-0.4, -0.2) is 57.9 Å². The van der Waals surface area contributed by atoms with E-state index in [2.05, 4.69) is 20.1 Å². The van der Waals surface area contributed by atoms with E-state index in [4.69, 9.17) is 9.26 Å². The number of rotatable bonds is 11. The molecule has 0 bridgehead atoms. The van der Waals surface area contributed by atoms with Crippen LogP contribution in [0.1, 0.15) is 17.3 Å². The van der Waals surface area contributed by atoms with Crippen molar-refractivity contribution >= 4 is 30.8 Å². The number of nitrogens with zero attached hydrogens (tertiary/aromatic N) is 3. The van der Waals surface area contributed by atoms with Gasteiger partial charge in [0.15, 0.2) is 0 Å². The lowest BCUT2D eigenvalue weighted by atomic mass is 10.1. The van der Waals surface area contributed by atoms with Gasteiger partial charge in [-0.3, -0.25) is 13.8 Å². The van der Waals surface area contributed by atoms with Gasteiger partial charge in [-0.2, -0.15) is 10.2 Å². The van der Waals surface area contributed by atoms with Crippen molar-refractivity contribution in [3.05, 3.63) is 54.1 Å². The maximum Gasteiger partial charge on any atom is 0.472 e.